The Morgan fingerprint density at radius 3 is 2.85 bits per heavy atom. The SMILES string of the molecule is CCCc1cc(CNS(=O)(=O)c2cnn(CC)c2)on1. The van der Waals surface area contributed by atoms with Crippen LogP contribution in [0.1, 0.15) is 31.7 Å². The van der Waals surface area contributed by atoms with Crippen LogP contribution >= 0.6 is 0 Å². The van der Waals surface area contributed by atoms with E-state index in [-0.39, 0.29) is 11.4 Å². The first-order chi connectivity index (χ1) is 9.55. The van der Waals surface area contributed by atoms with Crippen molar-refractivity contribution in [3.63, 3.8) is 0 Å². The number of aryl methyl sites for hydroxylation is 2. The summed E-state index contributed by atoms with van der Waals surface area (Å²) in [5.74, 6) is 0.500. The van der Waals surface area contributed by atoms with E-state index in [1.807, 2.05) is 13.8 Å². The van der Waals surface area contributed by atoms with Crippen LogP contribution in [0.4, 0.5) is 0 Å². The summed E-state index contributed by atoms with van der Waals surface area (Å²) in [5.41, 5.74) is 0.834. The van der Waals surface area contributed by atoms with Crippen LogP contribution in [0.15, 0.2) is 27.9 Å². The second-order valence-electron chi connectivity index (χ2n) is 4.39. The number of nitrogens with one attached hydrogen (secondary N) is 1. The van der Waals surface area contributed by atoms with Gasteiger partial charge in [0.25, 0.3) is 0 Å². The first-order valence-electron chi connectivity index (χ1n) is 6.51. The maximum absolute atomic E-state index is 12.0. The summed E-state index contributed by atoms with van der Waals surface area (Å²) >= 11 is 0. The molecule has 0 saturated heterocycles. The molecule has 0 spiro atoms. The van der Waals surface area contributed by atoms with E-state index < -0.39 is 10.0 Å². The lowest BCUT2D eigenvalue weighted by Gasteiger charge is -2.01. The molecule has 110 valence electrons. The molecular formula is C12H18N4O3S. The highest BCUT2D eigenvalue weighted by Gasteiger charge is 2.17. The van der Waals surface area contributed by atoms with E-state index in [0.29, 0.717) is 12.3 Å². The molecule has 1 N–H and O–H groups in total. The molecule has 2 aromatic rings. The third kappa shape index (κ3) is 3.45. The molecule has 2 heterocycles. The van der Waals surface area contributed by atoms with Crippen LogP contribution in [0.3, 0.4) is 0 Å². The molecule has 0 atom stereocenters. The lowest BCUT2D eigenvalue weighted by atomic mass is 10.2. The number of hydrogen-bond acceptors (Lipinski definition) is 5. The van der Waals surface area contributed by atoms with Crippen LogP contribution in [-0.2, 0) is 29.5 Å². The molecular weight excluding hydrogens is 280 g/mol. The van der Waals surface area contributed by atoms with E-state index >= 15 is 0 Å². The Kier molecular flexibility index (Phi) is 4.56. The van der Waals surface area contributed by atoms with Gasteiger partial charge in [-0.3, -0.25) is 4.68 Å². The number of hydrogen-bond donors (Lipinski definition) is 1. The Morgan fingerprint density at radius 2 is 2.20 bits per heavy atom. The van der Waals surface area contributed by atoms with Crippen molar-refractivity contribution in [3.05, 3.63) is 29.9 Å². The summed E-state index contributed by atoms with van der Waals surface area (Å²) in [4.78, 5) is 0.146. The lowest BCUT2D eigenvalue weighted by Crippen LogP contribution is -2.22. The summed E-state index contributed by atoms with van der Waals surface area (Å²) < 4.78 is 33.2. The van der Waals surface area contributed by atoms with E-state index in [1.165, 1.54) is 12.4 Å². The summed E-state index contributed by atoms with van der Waals surface area (Å²) in [7, 11) is -3.57. The van der Waals surface area contributed by atoms with Crippen molar-refractivity contribution < 1.29 is 12.9 Å². The molecule has 2 aromatic heterocycles. The fraction of sp³-hybridized carbons (Fsp3) is 0.500. The number of aromatic nitrogens is 3. The Morgan fingerprint density at radius 1 is 1.40 bits per heavy atom. The molecule has 0 bridgehead atoms. The fourth-order valence-electron chi connectivity index (χ4n) is 1.72. The number of rotatable bonds is 7. The van der Waals surface area contributed by atoms with Crippen LogP contribution in [0, 0.1) is 0 Å². The highest BCUT2D eigenvalue weighted by Crippen LogP contribution is 2.10. The van der Waals surface area contributed by atoms with Crippen molar-refractivity contribution in [2.45, 2.75) is 44.7 Å². The quantitative estimate of drug-likeness (QED) is 0.832. The molecule has 0 fully saturated rings. The average molecular weight is 298 g/mol. The first kappa shape index (κ1) is 14.7. The van der Waals surface area contributed by atoms with E-state index in [9.17, 15) is 8.42 Å². The molecule has 0 aromatic carbocycles. The maximum atomic E-state index is 12.0. The Bertz CT molecular complexity index is 660. The summed E-state index contributed by atoms with van der Waals surface area (Å²) in [5, 5.41) is 7.82. The molecule has 0 unspecified atom stereocenters. The van der Waals surface area contributed by atoms with Gasteiger partial charge in [0.05, 0.1) is 18.4 Å². The Hall–Kier alpha value is -1.67. The highest BCUT2D eigenvalue weighted by molar-refractivity contribution is 7.89. The smallest absolute Gasteiger partial charge is 0.244 e. The van der Waals surface area contributed by atoms with E-state index in [1.54, 1.807) is 10.7 Å². The highest BCUT2D eigenvalue weighted by atomic mass is 32.2. The second-order valence-corrected chi connectivity index (χ2v) is 6.16. The van der Waals surface area contributed by atoms with E-state index in [0.717, 1.165) is 18.5 Å². The fourth-order valence-corrected chi connectivity index (χ4v) is 2.66. The molecule has 0 aliphatic carbocycles. The van der Waals surface area contributed by atoms with E-state index in [2.05, 4.69) is 15.0 Å². The molecule has 7 nitrogen and oxygen atoms in total. The van der Waals surface area contributed by atoms with Gasteiger partial charge in [0.2, 0.25) is 10.0 Å². The van der Waals surface area contributed by atoms with Gasteiger partial charge >= 0.3 is 0 Å². The molecule has 20 heavy (non-hydrogen) atoms. The van der Waals surface area contributed by atoms with Gasteiger partial charge in [-0.2, -0.15) is 5.10 Å². The van der Waals surface area contributed by atoms with Crippen molar-refractivity contribution in [1.82, 2.24) is 19.7 Å². The van der Waals surface area contributed by atoms with Crippen LogP contribution < -0.4 is 4.72 Å². The average Bonchev–Trinajstić information content (AvgIpc) is 3.06. The van der Waals surface area contributed by atoms with E-state index in [4.69, 9.17) is 4.52 Å². The monoisotopic (exact) mass is 298 g/mol. The molecule has 2 rings (SSSR count). The predicted octanol–water partition coefficient (Wildman–Crippen LogP) is 1.32. The van der Waals surface area contributed by atoms with Crippen molar-refractivity contribution in [2.24, 2.45) is 0 Å². The molecule has 0 saturated carbocycles. The zero-order chi connectivity index (χ0) is 14.6. The lowest BCUT2D eigenvalue weighted by molar-refractivity contribution is 0.374. The van der Waals surface area contributed by atoms with Crippen LogP contribution in [0.5, 0.6) is 0 Å². The minimum atomic E-state index is -3.57. The minimum absolute atomic E-state index is 0.0797. The van der Waals surface area contributed by atoms with Crippen molar-refractivity contribution in [3.8, 4) is 0 Å². The molecule has 0 radical (unpaired) electrons. The summed E-state index contributed by atoms with van der Waals surface area (Å²) in [6.07, 6.45) is 4.60. The maximum Gasteiger partial charge on any atom is 0.244 e. The van der Waals surface area contributed by atoms with Crippen molar-refractivity contribution in [2.75, 3.05) is 0 Å². The third-order valence-electron chi connectivity index (χ3n) is 2.79. The van der Waals surface area contributed by atoms with Gasteiger partial charge in [0, 0.05) is 18.8 Å². The van der Waals surface area contributed by atoms with Gasteiger partial charge in [-0.15, -0.1) is 0 Å². The summed E-state index contributed by atoms with van der Waals surface area (Å²) in [6.45, 7) is 4.64. The van der Waals surface area contributed by atoms with Crippen molar-refractivity contribution >= 4 is 10.0 Å². The zero-order valence-corrected chi connectivity index (χ0v) is 12.4. The Labute approximate surface area is 118 Å². The minimum Gasteiger partial charge on any atom is -0.360 e. The third-order valence-corrected chi connectivity index (χ3v) is 4.15. The van der Waals surface area contributed by atoms with Crippen LogP contribution in [0.2, 0.25) is 0 Å². The predicted molar refractivity (Wildman–Crippen MR) is 72.4 cm³/mol. The van der Waals surface area contributed by atoms with Gasteiger partial charge < -0.3 is 4.52 Å². The zero-order valence-electron chi connectivity index (χ0n) is 11.5. The van der Waals surface area contributed by atoms with Gasteiger partial charge in [-0.25, -0.2) is 13.1 Å². The standard InChI is InChI=1S/C12H18N4O3S/c1-3-5-10-6-11(19-15-10)7-14-20(17,18)12-8-13-16(4-2)9-12/h6,8-9,14H,3-5,7H2,1-2H3. The first-order valence-corrected chi connectivity index (χ1v) is 8.00. The van der Waals surface area contributed by atoms with Gasteiger partial charge in [-0.05, 0) is 13.3 Å². The molecule has 0 aliphatic heterocycles. The van der Waals surface area contributed by atoms with Crippen LogP contribution in [-0.4, -0.2) is 23.4 Å². The number of sulfonamides is 1. The van der Waals surface area contributed by atoms with Crippen molar-refractivity contribution in [1.29, 1.82) is 0 Å². The molecule has 0 amide bonds. The number of nitrogens with zero attached hydrogens (tertiary/aromatic N) is 3. The summed E-state index contributed by atoms with van der Waals surface area (Å²) in [6, 6.07) is 1.77. The van der Waals surface area contributed by atoms with Crippen LogP contribution in [0.25, 0.3) is 0 Å². The normalized spacial score (nSPS) is 11.9. The molecule has 8 heteroatoms. The second kappa shape index (κ2) is 6.19. The van der Waals surface area contributed by atoms with Gasteiger partial charge in [0.15, 0.2) is 5.76 Å². The largest absolute Gasteiger partial charge is 0.360 e. The Balaban J connectivity index is 2.01. The topological polar surface area (TPSA) is 90.0 Å². The van der Waals surface area contributed by atoms with Gasteiger partial charge in [-0.1, -0.05) is 18.5 Å². The van der Waals surface area contributed by atoms with Gasteiger partial charge in [0.1, 0.15) is 4.90 Å². The molecule has 0 aliphatic rings.